The number of carbonyl (C=O) groups is 3. The molecule has 2 rings (SSSR count). The molecule has 8 nitrogen and oxygen atoms in total. The van der Waals surface area contributed by atoms with Gasteiger partial charge < -0.3 is 15.6 Å². The molecule has 2 aromatic rings. The second kappa shape index (κ2) is 7.18. The van der Waals surface area contributed by atoms with Gasteiger partial charge in [-0.25, -0.2) is 14.6 Å². The van der Waals surface area contributed by atoms with Crippen molar-refractivity contribution in [3.05, 3.63) is 51.7 Å². The number of hydrogen-bond donors (Lipinski definition) is 3. The third-order valence-electron chi connectivity index (χ3n) is 3.31. The van der Waals surface area contributed by atoms with Crippen molar-refractivity contribution in [1.82, 2.24) is 4.98 Å². The number of benzene rings is 1. The SMILES string of the molecule is Cc1ccc(C(=O)O)c(OC(=O)Nc2c(C(N)=O)ccc(Cl)c2C)n1. The lowest BCUT2D eigenvalue weighted by atomic mass is 10.1. The summed E-state index contributed by atoms with van der Waals surface area (Å²) in [6.45, 7) is 3.20. The Labute approximate surface area is 147 Å². The minimum atomic E-state index is -1.30. The standard InChI is InChI=1S/C16H14ClN3O5/c1-7-3-4-10(15(22)23)14(19-7)25-16(24)20-12-8(2)11(17)6-5-9(12)13(18)21/h3-6H,1-2H3,(H2,18,21)(H,20,24)(H,22,23). The van der Waals surface area contributed by atoms with Crippen LogP contribution in [0.25, 0.3) is 0 Å². The van der Waals surface area contributed by atoms with Crippen LogP contribution < -0.4 is 15.8 Å². The number of amides is 2. The number of ether oxygens (including phenoxy) is 1. The topological polar surface area (TPSA) is 132 Å². The molecule has 0 saturated carbocycles. The van der Waals surface area contributed by atoms with Gasteiger partial charge in [-0.3, -0.25) is 10.1 Å². The first-order valence-corrected chi connectivity index (χ1v) is 7.37. The van der Waals surface area contributed by atoms with E-state index in [1.54, 1.807) is 13.8 Å². The molecule has 1 aromatic heterocycles. The van der Waals surface area contributed by atoms with E-state index in [-0.39, 0.29) is 22.7 Å². The average molecular weight is 364 g/mol. The minimum Gasteiger partial charge on any atom is -0.477 e. The molecule has 9 heteroatoms. The number of nitrogens with one attached hydrogen (secondary N) is 1. The molecule has 4 N–H and O–H groups in total. The summed E-state index contributed by atoms with van der Waals surface area (Å²) in [6, 6.07) is 5.58. The van der Waals surface area contributed by atoms with E-state index in [9.17, 15) is 14.4 Å². The van der Waals surface area contributed by atoms with Gasteiger partial charge in [0.1, 0.15) is 5.56 Å². The largest absolute Gasteiger partial charge is 0.477 e. The van der Waals surface area contributed by atoms with Crippen LogP contribution in [0, 0.1) is 13.8 Å². The summed E-state index contributed by atoms with van der Waals surface area (Å²) in [5, 5.41) is 11.8. The number of nitrogens with zero attached hydrogens (tertiary/aromatic N) is 1. The van der Waals surface area contributed by atoms with Crippen molar-refractivity contribution in [2.75, 3.05) is 5.32 Å². The summed E-state index contributed by atoms with van der Waals surface area (Å²) >= 11 is 5.99. The minimum absolute atomic E-state index is 0.0366. The second-order valence-electron chi connectivity index (χ2n) is 5.08. The number of hydrogen-bond acceptors (Lipinski definition) is 5. The van der Waals surface area contributed by atoms with Gasteiger partial charge >= 0.3 is 12.1 Å². The van der Waals surface area contributed by atoms with E-state index in [0.29, 0.717) is 16.3 Å². The number of anilines is 1. The van der Waals surface area contributed by atoms with Gasteiger partial charge in [0.15, 0.2) is 0 Å². The van der Waals surface area contributed by atoms with Gasteiger partial charge in [-0.2, -0.15) is 0 Å². The monoisotopic (exact) mass is 363 g/mol. The van der Waals surface area contributed by atoms with Gasteiger partial charge in [-0.15, -0.1) is 0 Å². The van der Waals surface area contributed by atoms with Crippen molar-refractivity contribution < 1.29 is 24.2 Å². The Kier molecular flexibility index (Phi) is 5.23. The van der Waals surface area contributed by atoms with Crippen LogP contribution in [-0.2, 0) is 0 Å². The zero-order chi connectivity index (χ0) is 18.7. The van der Waals surface area contributed by atoms with Gasteiger partial charge in [-0.05, 0) is 43.7 Å². The van der Waals surface area contributed by atoms with E-state index in [4.69, 9.17) is 27.2 Å². The van der Waals surface area contributed by atoms with Gasteiger partial charge in [0.25, 0.3) is 5.91 Å². The van der Waals surface area contributed by atoms with E-state index in [2.05, 4.69) is 10.3 Å². The first-order chi connectivity index (χ1) is 11.7. The molecule has 0 saturated heterocycles. The first kappa shape index (κ1) is 18.2. The van der Waals surface area contributed by atoms with Crippen molar-refractivity contribution in [2.24, 2.45) is 5.73 Å². The first-order valence-electron chi connectivity index (χ1n) is 6.99. The number of carboxylic acid groups (broad SMARTS) is 1. The van der Waals surface area contributed by atoms with Crippen LogP contribution in [0.2, 0.25) is 5.02 Å². The number of primary amides is 1. The Hall–Kier alpha value is -3.13. The molecule has 0 aliphatic heterocycles. The summed E-state index contributed by atoms with van der Waals surface area (Å²) in [5.74, 6) is -2.44. The highest BCUT2D eigenvalue weighted by molar-refractivity contribution is 6.32. The number of rotatable bonds is 4. The van der Waals surface area contributed by atoms with Crippen molar-refractivity contribution in [2.45, 2.75) is 13.8 Å². The summed E-state index contributed by atoms with van der Waals surface area (Å²) in [5.41, 5.74) is 5.99. The molecule has 1 aromatic carbocycles. The molecule has 1 heterocycles. The van der Waals surface area contributed by atoms with Crippen molar-refractivity contribution >= 4 is 35.3 Å². The number of halogens is 1. The van der Waals surface area contributed by atoms with Crippen molar-refractivity contribution in [3.8, 4) is 5.88 Å². The molecule has 0 atom stereocenters. The number of carboxylic acids is 1. The zero-order valence-corrected chi connectivity index (χ0v) is 14.0. The quantitative estimate of drug-likeness (QED) is 0.765. The maximum atomic E-state index is 12.1. The molecule has 0 aliphatic carbocycles. The number of nitrogens with two attached hydrogens (primary N) is 1. The van der Waals surface area contributed by atoms with Gasteiger partial charge in [0, 0.05) is 10.7 Å². The predicted molar refractivity (Wildman–Crippen MR) is 90.3 cm³/mol. The van der Waals surface area contributed by atoms with Crippen LogP contribution in [0.4, 0.5) is 10.5 Å². The number of aryl methyl sites for hydroxylation is 1. The Bertz CT molecular complexity index is 882. The summed E-state index contributed by atoms with van der Waals surface area (Å²) < 4.78 is 4.98. The van der Waals surface area contributed by atoms with Crippen LogP contribution in [0.5, 0.6) is 5.88 Å². The van der Waals surface area contributed by atoms with Gasteiger partial charge in [-0.1, -0.05) is 11.6 Å². The normalized spacial score (nSPS) is 10.2. The highest BCUT2D eigenvalue weighted by atomic mass is 35.5. The Morgan fingerprint density at radius 2 is 1.80 bits per heavy atom. The summed E-state index contributed by atoms with van der Waals surface area (Å²) in [6.07, 6.45) is -1.03. The number of aromatic nitrogens is 1. The smallest absolute Gasteiger partial charge is 0.418 e. The highest BCUT2D eigenvalue weighted by Gasteiger charge is 2.20. The van der Waals surface area contributed by atoms with Crippen molar-refractivity contribution in [1.29, 1.82) is 0 Å². The van der Waals surface area contributed by atoms with Gasteiger partial charge in [0.05, 0.1) is 11.3 Å². The van der Waals surface area contributed by atoms with Crippen LogP contribution in [0.1, 0.15) is 32.0 Å². The van der Waals surface area contributed by atoms with Gasteiger partial charge in [0.2, 0.25) is 5.88 Å². The third kappa shape index (κ3) is 4.04. The van der Waals surface area contributed by atoms with E-state index in [1.807, 2.05) is 0 Å². The maximum Gasteiger partial charge on any atom is 0.418 e. The molecule has 0 aliphatic rings. The van der Waals surface area contributed by atoms with Crippen LogP contribution >= 0.6 is 11.6 Å². The maximum absolute atomic E-state index is 12.1. The van der Waals surface area contributed by atoms with E-state index < -0.39 is 18.0 Å². The summed E-state index contributed by atoms with van der Waals surface area (Å²) in [4.78, 5) is 38.7. The van der Waals surface area contributed by atoms with Crippen LogP contribution in [-0.4, -0.2) is 28.1 Å². The van der Waals surface area contributed by atoms with Crippen LogP contribution in [0.3, 0.4) is 0 Å². The molecular formula is C16H14ClN3O5. The molecule has 0 fully saturated rings. The fourth-order valence-electron chi connectivity index (χ4n) is 2.04. The van der Waals surface area contributed by atoms with E-state index >= 15 is 0 Å². The summed E-state index contributed by atoms with van der Waals surface area (Å²) in [7, 11) is 0. The Balaban J connectivity index is 2.34. The lowest BCUT2D eigenvalue weighted by Crippen LogP contribution is -2.23. The molecular weight excluding hydrogens is 350 g/mol. The molecule has 130 valence electrons. The Morgan fingerprint density at radius 1 is 1.16 bits per heavy atom. The predicted octanol–water partition coefficient (Wildman–Crippen LogP) is 2.76. The highest BCUT2D eigenvalue weighted by Crippen LogP contribution is 2.28. The lowest BCUT2D eigenvalue weighted by molar-refractivity contribution is 0.0693. The molecule has 0 unspecified atom stereocenters. The third-order valence-corrected chi connectivity index (χ3v) is 3.72. The number of pyridine rings is 1. The molecule has 25 heavy (non-hydrogen) atoms. The zero-order valence-electron chi connectivity index (χ0n) is 13.3. The van der Waals surface area contributed by atoms with Crippen LogP contribution in [0.15, 0.2) is 24.3 Å². The number of aromatic carboxylic acids is 1. The Morgan fingerprint density at radius 3 is 2.40 bits per heavy atom. The molecule has 0 bridgehead atoms. The lowest BCUT2D eigenvalue weighted by Gasteiger charge is -2.13. The van der Waals surface area contributed by atoms with E-state index in [0.717, 1.165) is 0 Å². The fraction of sp³-hybridized carbons (Fsp3) is 0.125. The molecule has 0 spiro atoms. The molecule has 0 radical (unpaired) electrons. The van der Waals surface area contributed by atoms with Crippen molar-refractivity contribution in [3.63, 3.8) is 0 Å². The fourth-order valence-corrected chi connectivity index (χ4v) is 2.20. The van der Waals surface area contributed by atoms with E-state index in [1.165, 1.54) is 24.3 Å². The average Bonchev–Trinajstić information content (AvgIpc) is 2.51. The second-order valence-corrected chi connectivity index (χ2v) is 5.49. The molecule has 2 amide bonds. The number of carbonyl (C=O) groups excluding carboxylic acids is 2.